The summed E-state index contributed by atoms with van der Waals surface area (Å²) in [5.74, 6) is 0. The molecule has 0 amide bonds. The number of nitrogens with zero attached hydrogens (tertiary/aromatic N) is 1. The molecule has 0 saturated heterocycles. The molecule has 0 unspecified atom stereocenters. The van der Waals surface area contributed by atoms with Gasteiger partial charge < -0.3 is 5.32 Å². The van der Waals surface area contributed by atoms with Crippen molar-refractivity contribution in [3.63, 3.8) is 0 Å². The van der Waals surface area contributed by atoms with Crippen LogP contribution in [0.5, 0.6) is 0 Å². The summed E-state index contributed by atoms with van der Waals surface area (Å²) in [4.78, 5) is 0.215. The predicted octanol–water partition coefficient (Wildman–Crippen LogP) is 3.58. The maximum absolute atomic E-state index is 12.3. The Labute approximate surface area is 145 Å². The molecule has 0 fully saturated rings. The predicted molar refractivity (Wildman–Crippen MR) is 96.4 cm³/mol. The van der Waals surface area contributed by atoms with E-state index in [-0.39, 0.29) is 4.90 Å². The third-order valence-electron chi connectivity index (χ3n) is 3.41. The van der Waals surface area contributed by atoms with Gasteiger partial charge in [0.2, 0.25) is 0 Å². The van der Waals surface area contributed by atoms with E-state index < -0.39 is 10.0 Å². The first kappa shape index (κ1) is 17.4. The molecule has 2 aromatic carbocycles. The van der Waals surface area contributed by atoms with E-state index in [1.165, 1.54) is 7.05 Å². The molecular weight excluding hydrogens is 376 g/mol. The lowest BCUT2D eigenvalue weighted by atomic mass is 10.2. The van der Waals surface area contributed by atoms with Crippen LogP contribution in [-0.2, 0) is 16.6 Å². The fraction of sp³-hybridized carbons (Fsp3) is 0.176. The Balaban J connectivity index is 2.17. The minimum Gasteiger partial charge on any atom is -0.381 e. The summed E-state index contributed by atoms with van der Waals surface area (Å²) in [7, 11) is -2.29. The lowest BCUT2D eigenvalue weighted by Gasteiger charge is -2.15. The molecule has 23 heavy (non-hydrogen) atoms. The van der Waals surface area contributed by atoms with Crippen LogP contribution < -0.4 is 5.32 Å². The van der Waals surface area contributed by atoms with Gasteiger partial charge >= 0.3 is 0 Å². The van der Waals surface area contributed by atoms with E-state index in [0.717, 1.165) is 20.0 Å². The molecule has 0 aliphatic heterocycles. The first-order valence-corrected chi connectivity index (χ1v) is 9.12. The number of hydrogen-bond donors (Lipinski definition) is 1. The molecule has 0 spiro atoms. The molecule has 1 N–H and O–H groups in total. The molecule has 2 aromatic rings. The largest absolute Gasteiger partial charge is 0.381 e. The molecule has 120 valence electrons. The van der Waals surface area contributed by atoms with Crippen LogP contribution in [0.25, 0.3) is 0 Å². The summed E-state index contributed by atoms with van der Waals surface area (Å²) in [6.45, 7) is 2.41. The van der Waals surface area contributed by atoms with Gasteiger partial charge in [-0.15, -0.1) is 0 Å². The maximum Gasteiger partial charge on any atom is 0.270 e. The lowest BCUT2D eigenvalue weighted by molar-refractivity contribution is 0.546. The van der Waals surface area contributed by atoms with Crippen LogP contribution in [0.4, 0.5) is 5.69 Å². The lowest BCUT2D eigenvalue weighted by Crippen LogP contribution is -2.22. The summed E-state index contributed by atoms with van der Waals surface area (Å²) in [6.07, 6.45) is 5.18. The second-order valence-corrected chi connectivity index (χ2v) is 7.92. The first-order chi connectivity index (χ1) is 10.8. The van der Waals surface area contributed by atoms with Crippen LogP contribution in [0.1, 0.15) is 11.1 Å². The van der Waals surface area contributed by atoms with Gasteiger partial charge in [-0.25, -0.2) is 12.7 Å². The Morgan fingerprint density at radius 1 is 1.22 bits per heavy atom. The number of sulfonamides is 1. The SMILES string of the molecule is C#CN(C)S(=O)(=O)c1ccc(NCc2ccc(Br)cc2)cc1C. The van der Waals surface area contributed by atoms with Crippen LogP contribution >= 0.6 is 15.9 Å². The van der Waals surface area contributed by atoms with E-state index in [9.17, 15) is 8.42 Å². The van der Waals surface area contributed by atoms with Gasteiger partial charge in [-0.2, -0.15) is 0 Å². The van der Waals surface area contributed by atoms with Crippen LogP contribution in [0.2, 0.25) is 0 Å². The number of nitrogens with one attached hydrogen (secondary N) is 1. The molecule has 0 bridgehead atoms. The second-order valence-electron chi connectivity index (χ2n) is 5.06. The van der Waals surface area contributed by atoms with Crippen molar-refractivity contribution in [2.45, 2.75) is 18.4 Å². The molecule has 2 rings (SSSR count). The van der Waals surface area contributed by atoms with Gasteiger partial charge in [-0.3, -0.25) is 0 Å². The van der Waals surface area contributed by atoms with Crippen LogP contribution in [0.3, 0.4) is 0 Å². The second kappa shape index (κ2) is 7.07. The quantitative estimate of drug-likeness (QED) is 0.624. The zero-order chi connectivity index (χ0) is 17.0. The molecule has 0 aromatic heterocycles. The van der Waals surface area contributed by atoms with Gasteiger partial charge in [0.25, 0.3) is 10.0 Å². The molecular formula is C17H17BrN2O2S. The summed E-state index contributed by atoms with van der Waals surface area (Å²) >= 11 is 3.40. The molecule has 0 heterocycles. The van der Waals surface area contributed by atoms with Crippen molar-refractivity contribution in [1.29, 1.82) is 0 Å². The summed E-state index contributed by atoms with van der Waals surface area (Å²) < 4.78 is 26.4. The Morgan fingerprint density at radius 3 is 2.43 bits per heavy atom. The van der Waals surface area contributed by atoms with E-state index in [0.29, 0.717) is 12.1 Å². The Hall–Kier alpha value is -1.97. The normalized spacial score (nSPS) is 10.9. The van der Waals surface area contributed by atoms with E-state index in [1.807, 2.05) is 24.3 Å². The summed E-state index contributed by atoms with van der Waals surface area (Å²) in [5.41, 5.74) is 2.63. The molecule has 0 atom stereocenters. The Morgan fingerprint density at radius 2 is 1.87 bits per heavy atom. The highest BCUT2D eigenvalue weighted by Crippen LogP contribution is 2.22. The summed E-state index contributed by atoms with van der Waals surface area (Å²) in [5, 5.41) is 3.28. The van der Waals surface area contributed by atoms with Crippen LogP contribution in [0.15, 0.2) is 51.8 Å². The third-order valence-corrected chi connectivity index (χ3v) is 5.77. The number of rotatable bonds is 5. The van der Waals surface area contributed by atoms with Crippen LogP contribution in [0, 0.1) is 19.4 Å². The van der Waals surface area contributed by atoms with Crippen molar-refractivity contribution in [2.24, 2.45) is 0 Å². The first-order valence-electron chi connectivity index (χ1n) is 6.89. The highest BCUT2D eigenvalue weighted by atomic mass is 79.9. The van der Waals surface area contributed by atoms with Crippen molar-refractivity contribution in [2.75, 3.05) is 12.4 Å². The van der Waals surface area contributed by atoms with E-state index in [1.54, 1.807) is 25.1 Å². The van der Waals surface area contributed by atoms with Gasteiger partial charge in [0.1, 0.15) is 0 Å². The molecule has 6 heteroatoms. The standard InChI is InChI=1S/C17H17BrN2O2S/c1-4-20(3)23(21,22)17-10-9-16(11-13(17)2)19-12-14-5-7-15(18)8-6-14/h1,5-11,19H,12H2,2-3H3. The minimum absolute atomic E-state index is 0.215. The highest BCUT2D eigenvalue weighted by molar-refractivity contribution is 9.10. The summed E-state index contributed by atoms with van der Waals surface area (Å²) in [6, 6.07) is 15.2. The highest BCUT2D eigenvalue weighted by Gasteiger charge is 2.20. The van der Waals surface area contributed by atoms with Gasteiger partial charge in [0, 0.05) is 29.8 Å². The topological polar surface area (TPSA) is 49.4 Å². The number of benzene rings is 2. The molecule has 0 aliphatic rings. The van der Waals surface area contributed by atoms with Gasteiger partial charge in [0.05, 0.1) is 4.90 Å². The number of anilines is 1. The molecule has 0 saturated carbocycles. The molecule has 0 aliphatic carbocycles. The third kappa shape index (κ3) is 4.06. The average molecular weight is 393 g/mol. The van der Waals surface area contributed by atoms with Crippen LogP contribution in [-0.4, -0.2) is 19.8 Å². The maximum atomic E-state index is 12.3. The zero-order valence-corrected chi connectivity index (χ0v) is 15.3. The average Bonchev–Trinajstić information content (AvgIpc) is 2.53. The monoisotopic (exact) mass is 392 g/mol. The van der Waals surface area contributed by atoms with Gasteiger partial charge in [-0.1, -0.05) is 34.5 Å². The molecule has 0 radical (unpaired) electrons. The number of hydrogen-bond acceptors (Lipinski definition) is 3. The molecule has 4 nitrogen and oxygen atoms in total. The van der Waals surface area contributed by atoms with E-state index in [4.69, 9.17) is 6.42 Å². The number of halogens is 1. The van der Waals surface area contributed by atoms with Crippen molar-refractivity contribution in [1.82, 2.24) is 4.31 Å². The number of aryl methyl sites for hydroxylation is 1. The van der Waals surface area contributed by atoms with E-state index >= 15 is 0 Å². The fourth-order valence-corrected chi connectivity index (χ4v) is 3.48. The van der Waals surface area contributed by atoms with Gasteiger partial charge in [0.15, 0.2) is 0 Å². The van der Waals surface area contributed by atoms with Crippen molar-refractivity contribution >= 4 is 31.6 Å². The van der Waals surface area contributed by atoms with Crippen molar-refractivity contribution in [3.8, 4) is 12.5 Å². The van der Waals surface area contributed by atoms with Gasteiger partial charge in [-0.05, 0) is 48.4 Å². The Bertz CT molecular complexity index is 840. The van der Waals surface area contributed by atoms with Crippen molar-refractivity contribution < 1.29 is 8.42 Å². The zero-order valence-electron chi connectivity index (χ0n) is 12.9. The smallest absolute Gasteiger partial charge is 0.270 e. The minimum atomic E-state index is -3.64. The van der Waals surface area contributed by atoms with Crippen molar-refractivity contribution in [3.05, 3.63) is 58.1 Å². The van der Waals surface area contributed by atoms with E-state index in [2.05, 4.69) is 27.3 Å². The Kier molecular flexibility index (Phi) is 5.34. The number of terminal acetylenes is 1. The fourth-order valence-electron chi connectivity index (χ4n) is 2.07.